The van der Waals surface area contributed by atoms with Crippen LogP contribution in [0.2, 0.25) is 0 Å². The van der Waals surface area contributed by atoms with Crippen molar-refractivity contribution in [2.24, 2.45) is 11.8 Å². The van der Waals surface area contributed by atoms with Crippen molar-refractivity contribution >= 4 is 5.97 Å². The van der Waals surface area contributed by atoms with Crippen LogP contribution in [0, 0.1) is 23.5 Å². The summed E-state index contributed by atoms with van der Waals surface area (Å²) in [5.74, 6) is -2.64. The number of benzene rings is 1. The molecule has 78 valence electrons. The first-order chi connectivity index (χ1) is 7.09. The Hall–Kier alpha value is -1.45. The fraction of sp³-hybridized carbons (Fsp3) is 0.364. The molecule has 2 aliphatic carbocycles. The first-order valence-corrected chi connectivity index (χ1v) is 4.80. The van der Waals surface area contributed by atoms with Gasteiger partial charge in [-0.3, -0.25) is 4.79 Å². The second-order valence-corrected chi connectivity index (χ2v) is 4.21. The second kappa shape index (κ2) is 2.56. The summed E-state index contributed by atoms with van der Waals surface area (Å²) in [7, 11) is 0. The zero-order chi connectivity index (χ0) is 10.7. The standard InChI is InChI=1S/C11H8F2O2/c12-4-1-6-5(8(13)2-4)3-7-9(6)10(7)11(14)15/h1-2,7,9-10H,3H2,(H,14,15)/t7-,9+,10+/m0/s1. The smallest absolute Gasteiger partial charge is 0.307 e. The van der Waals surface area contributed by atoms with Crippen molar-refractivity contribution in [2.45, 2.75) is 12.3 Å². The van der Waals surface area contributed by atoms with Gasteiger partial charge in [0.1, 0.15) is 11.6 Å². The molecule has 3 rings (SSSR count). The summed E-state index contributed by atoms with van der Waals surface area (Å²) < 4.78 is 26.2. The van der Waals surface area contributed by atoms with Gasteiger partial charge in [0.05, 0.1) is 5.92 Å². The molecule has 0 bridgehead atoms. The van der Waals surface area contributed by atoms with E-state index in [2.05, 4.69) is 0 Å². The van der Waals surface area contributed by atoms with Gasteiger partial charge in [0.15, 0.2) is 0 Å². The van der Waals surface area contributed by atoms with Crippen LogP contribution < -0.4 is 0 Å². The topological polar surface area (TPSA) is 37.3 Å². The minimum absolute atomic E-state index is 0.0196. The maximum absolute atomic E-state index is 13.3. The van der Waals surface area contributed by atoms with Crippen LogP contribution in [0.15, 0.2) is 12.1 Å². The number of aliphatic carboxylic acids is 1. The Labute approximate surface area is 84.5 Å². The van der Waals surface area contributed by atoms with E-state index < -0.39 is 23.5 Å². The predicted molar refractivity (Wildman–Crippen MR) is 47.4 cm³/mol. The Bertz CT molecular complexity index is 470. The molecule has 0 spiro atoms. The third-order valence-corrected chi connectivity index (χ3v) is 3.45. The lowest BCUT2D eigenvalue weighted by Crippen LogP contribution is -2.06. The van der Waals surface area contributed by atoms with Gasteiger partial charge in [-0.05, 0) is 29.5 Å². The highest BCUT2D eigenvalue weighted by atomic mass is 19.1. The number of halogens is 2. The molecule has 1 N–H and O–H groups in total. The number of fused-ring (bicyclic) bond motifs is 3. The van der Waals surface area contributed by atoms with Crippen LogP contribution in [-0.2, 0) is 11.2 Å². The SMILES string of the molecule is O=C(O)[C@@H]1[C@H]2Cc3c(F)cc(F)cc3[C@H]21. The number of rotatable bonds is 1. The van der Waals surface area contributed by atoms with E-state index in [4.69, 9.17) is 5.11 Å². The molecule has 0 unspecified atom stereocenters. The highest BCUT2D eigenvalue weighted by Crippen LogP contribution is 2.61. The van der Waals surface area contributed by atoms with Crippen molar-refractivity contribution in [3.8, 4) is 0 Å². The summed E-state index contributed by atoms with van der Waals surface area (Å²) in [6, 6.07) is 2.13. The molecule has 0 aliphatic heterocycles. The zero-order valence-corrected chi connectivity index (χ0v) is 7.71. The Morgan fingerprint density at radius 1 is 1.40 bits per heavy atom. The van der Waals surface area contributed by atoms with Gasteiger partial charge < -0.3 is 5.11 Å². The van der Waals surface area contributed by atoms with E-state index in [1.165, 1.54) is 6.07 Å². The molecule has 0 aromatic heterocycles. The molecule has 1 aromatic carbocycles. The summed E-state index contributed by atoms with van der Waals surface area (Å²) in [6.45, 7) is 0. The van der Waals surface area contributed by atoms with Gasteiger partial charge in [0, 0.05) is 12.0 Å². The molecule has 0 saturated heterocycles. The Kier molecular flexibility index (Phi) is 1.51. The first kappa shape index (κ1) is 8.83. The molecule has 1 aromatic rings. The maximum Gasteiger partial charge on any atom is 0.307 e. The molecule has 0 heterocycles. The highest BCUT2D eigenvalue weighted by Gasteiger charge is 2.60. The molecule has 4 heteroatoms. The molecular weight excluding hydrogens is 202 g/mol. The summed E-state index contributed by atoms with van der Waals surface area (Å²) in [4.78, 5) is 10.8. The lowest BCUT2D eigenvalue weighted by molar-refractivity contribution is -0.139. The quantitative estimate of drug-likeness (QED) is 0.769. The van der Waals surface area contributed by atoms with Crippen molar-refractivity contribution in [2.75, 3.05) is 0 Å². The van der Waals surface area contributed by atoms with Crippen LogP contribution in [0.1, 0.15) is 17.0 Å². The summed E-state index contributed by atoms with van der Waals surface area (Å²) >= 11 is 0. The van der Waals surface area contributed by atoms with E-state index >= 15 is 0 Å². The Balaban J connectivity index is 2.05. The number of hydrogen-bond donors (Lipinski definition) is 1. The summed E-state index contributed by atoms with van der Waals surface area (Å²) in [5, 5.41) is 8.84. The highest BCUT2D eigenvalue weighted by molar-refractivity contribution is 5.77. The van der Waals surface area contributed by atoms with E-state index in [0.29, 0.717) is 17.5 Å². The van der Waals surface area contributed by atoms with Crippen LogP contribution in [0.4, 0.5) is 8.78 Å². The maximum atomic E-state index is 13.3. The average Bonchev–Trinajstić information content (AvgIpc) is 2.74. The van der Waals surface area contributed by atoms with Crippen LogP contribution in [0.5, 0.6) is 0 Å². The van der Waals surface area contributed by atoms with Crippen LogP contribution in [0.25, 0.3) is 0 Å². The normalized spacial score (nSPS) is 30.9. The van der Waals surface area contributed by atoms with Gasteiger partial charge in [-0.25, -0.2) is 8.78 Å². The lowest BCUT2D eigenvalue weighted by atomic mass is 10.0. The van der Waals surface area contributed by atoms with Gasteiger partial charge in [0.2, 0.25) is 0 Å². The molecule has 3 atom stereocenters. The van der Waals surface area contributed by atoms with Gasteiger partial charge in [-0.1, -0.05) is 0 Å². The van der Waals surface area contributed by atoms with Crippen molar-refractivity contribution < 1.29 is 18.7 Å². The van der Waals surface area contributed by atoms with E-state index in [1.807, 2.05) is 0 Å². The number of hydrogen-bond acceptors (Lipinski definition) is 1. The largest absolute Gasteiger partial charge is 0.481 e. The Morgan fingerprint density at radius 3 is 2.80 bits per heavy atom. The molecule has 2 nitrogen and oxygen atoms in total. The van der Waals surface area contributed by atoms with Crippen LogP contribution in [0.3, 0.4) is 0 Å². The lowest BCUT2D eigenvalue weighted by Gasteiger charge is -2.06. The third-order valence-electron chi connectivity index (χ3n) is 3.45. The van der Waals surface area contributed by atoms with Crippen molar-refractivity contribution in [3.05, 3.63) is 34.9 Å². The molecule has 1 saturated carbocycles. The Morgan fingerprint density at radius 2 is 2.13 bits per heavy atom. The van der Waals surface area contributed by atoms with E-state index in [1.54, 1.807) is 0 Å². The van der Waals surface area contributed by atoms with Crippen molar-refractivity contribution in [1.29, 1.82) is 0 Å². The van der Waals surface area contributed by atoms with Crippen molar-refractivity contribution in [3.63, 3.8) is 0 Å². The molecule has 1 fully saturated rings. The number of carboxylic acids is 1. The monoisotopic (exact) mass is 210 g/mol. The minimum Gasteiger partial charge on any atom is -0.481 e. The fourth-order valence-corrected chi connectivity index (χ4v) is 2.76. The van der Waals surface area contributed by atoms with Crippen LogP contribution >= 0.6 is 0 Å². The number of carbonyl (C=O) groups is 1. The van der Waals surface area contributed by atoms with E-state index in [9.17, 15) is 13.6 Å². The average molecular weight is 210 g/mol. The fourth-order valence-electron chi connectivity index (χ4n) is 2.76. The first-order valence-electron chi connectivity index (χ1n) is 4.80. The minimum atomic E-state index is -0.861. The van der Waals surface area contributed by atoms with E-state index in [-0.39, 0.29) is 11.8 Å². The van der Waals surface area contributed by atoms with Gasteiger partial charge in [0.25, 0.3) is 0 Å². The molecule has 2 aliphatic rings. The number of carboxylic acid groups (broad SMARTS) is 1. The third kappa shape index (κ3) is 1.05. The molecule has 0 amide bonds. The van der Waals surface area contributed by atoms with Gasteiger partial charge >= 0.3 is 5.97 Å². The predicted octanol–water partition coefficient (Wildman–Crippen LogP) is 1.94. The van der Waals surface area contributed by atoms with Crippen molar-refractivity contribution in [1.82, 2.24) is 0 Å². The summed E-state index contributed by atoms with van der Waals surface area (Å²) in [6.07, 6.45) is 0.434. The van der Waals surface area contributed by atoms with Crippen LogP contribution in [-0.4, -0.2) is 11.1 Å². The zero-order valence-electron chi connectivity index (χ0n) is 7.71. The van der Waals surface area contributed by atoms with E-state index in [0.717, 1.165) is 6.07 Å². The molecular formula is C11H8F2O2. The second-order valence-electron chi connectivity index (χ2n) is 4.21. The summed E-state index contributed by atoms with van der Waals surface area (Å²) in [5.41, 5.74) is 1.06. The van der Waals surface area contributed by atoms with Gasteiger partial charge in [-0.2, -0.15) is 0 Å². The van der Waals surface area contributed by atoms with Gasteiger partial charge in [-0.15, -0.1) is 0 Å². The molecule has 0 radical (unpaired) electrons. The molecule has 15 heavy (non-hydrogen) atoms.